The summed E-state index contributed by atoms with van der Waals surface area (Å²) in [5, 5.41) is 3.15. The molecule has 0 aliphatic carbocycles. The van der Waals surface area contributed by atoms with Crippen LogP contribution in [-0.2, 0) is 21.4 Å². The third-order valence-corrected chi connectivity index (χ3v) is 6.47. The number of nitrogens with zero attached hydrogens (tertiary/aromatic N) is 2. The Morgan fingerprint density at radius 2 is 1.86 bits per heavy atom. The Morgan fingerprint density at radius 3 is 2.52 bits per heavy atom. The van der Waals surface area contributed by atoms with Gasteiger partial charge < -0.3 is 5.32 Å². The number of hydrogen-bond donors (Lipinski definition) is 1. The summed E-state index contributed by atoms with van der Waals surface area (Å²) < 4.78 is 27.5. The SMILES string of the molecule is Cc1ccc(N(CC(=O)NCc2cccnc2)S(=O)(=O)c2ccccc2)cc1Cl. The van der Waals surface area contributed by atoms with E-state index >= 15 is 0 Å². The van der Waals surface area contributed by atoms with Gasteiger partial charge in [0.15, 0.2) is 0 Å². The quantitative estimate of drug-likeness (QED) is 0.622. The van der Waals surface area contributed by atoms with Gasteiger partial charge in [0, 0.05) is 24.0 Å². The Labute approximate surface area is 175 Å². The van der Waals surface area contributed by atoms with Gasteiger partial charge in [0.05, 0.1) is 10.6 Å². The Hall–Kier alpha value is -2.90. The molecular formula is C21H20ClN3O3S. The van der Waals surface area contributed by atoms with Crippen molar-refractivity contribution in [1.29, 1.82) is 0 Å². The predicted octanol–water partition coefficient (Wildman–Crippen LogP) is 3.56. The molecule has 0 bridgehead atoms. The summed E-state index contributed by atoms with van der Waals surface area (Å²) in [4.78, 5) is 16.6. The van der Waals surface area contributed by atoms with E-state index in [1.54, 1.807) is 54.9 Å². The van der Waals surface area contributed by atoms with Crippen molar-refractivity contribution in [3.63, 3.8) is 0 Å². The summed E-state index contributed by atoms with van der Waals surface area (Å²) in [6, 6.07) is 16.5. The van der Waals surface area contributed by atoms with E-state index in [9.17, 15) is 13.2 Å². The fourth-order valence-electron chi connectivity index (χ4n) is 2.66. The molecule has 6 nitrogen and oxygen atoms in total. The van der Waals surface area contributed by atoms with Crippen LogP contribution < -0.4 is 9.62 Å². The molecule has 3 rings (SSSR count). The second-order valence-electron chi connectivity index (χ2n) is 6.40. The predicted molar refractivity (Wildman–Crippen MR) is 113 cm³/mol. The standard InChI is InChI=1S/C21H20ClN3O3S/c1-16-9-10-18(12-20(16)22)25(29(27,28)19-7-3-2-4-8-19)15-21(26)24-14-17-6-5-11-23-13-17/h2-13H,14-15H2,1H3,(H,24,26). The molecule has 2 aromatic carbocycles. The van der Waals surface area contributed by atoms with Crippen LogP contribution in [0.25, 0.3) is 0 Å². The zero-order valence-electron chi connectivity index (χ0n) is 15.7. The summed E-state index contributed by atoms with van der Waals surface area (Å²) in [5.74, 6) is -0.440. The number of aromatic nitrogens is 1. The van der Waals surface area contributed by atoms with Crippen molar-refractivity contribution in [3.05, 3.63) is 89.2 Å². The Balaban J connectivity index is 1.88. The molecule has 1 N–H and O–H groups in total. The van der Waals surface area contributed by atoms with E-state index < -0.39 is 15.9 Å². The number of sulfonamides is 1. The van der Waals surface area contributed by atoms with E-state index in [1.165, 1.54) is 12.1 Å². The second-order valence-corrected chi connectivity index (χ2v) is 8.67. The molecule has 0 saturated heterocycles. The van der Waals surface area contributed by atoms with Gasteiger partial charge in [-0.15, -0.1) is 0 Å². The molecule has 0 unspecified atom stereocenters. The van der Waals surface area contributed by atoms with Crippen LogP contribution in [-0.4, -0.2) is 25.9 Å². The molecule has 0 spiro atoms. The van der Waals surface area contributed by atoms with Gasteiger partial charge in [-0.05, 0) is 48.4 Å². The first-order chi connectivity index (χ1) is 13.9. The highest BCUT2D eigenvalue weighted by molar-refractivity contribution is 7.92. The molecule has 3 aromatic rings. The molecule has 1 heterocycles. The monoisotopic (exact) mass is 429 g/mol. The van der Waals surface area contributed by atoms with Crippen molar-refractivity contribution in [1.82, 2.24) is 10.3 Å². The van der Waals surface area contributed by atoms with Crippen LogP contribution in [0.1, 0.15) is 11.1 Å². The number of aryl methyl sites for hydroxylation is 1. The van der Waals surface area contributed by atoms with Crippen molar-refractivity contribution >= 4 is 33.2 Å². The average Bonchev–Trinajstić information content (AvgIpc) is 2.74. The Bertz CT molecular complexity index is 1090. The first kappa shape index (κ1) is 20.8. The van der Waals surface area contributed by atoms with E-state index in [2.05, 4.69) is 10.3 Å². The van der Waals surface area contributed by atoms with E-state index in [0.717, 1.165) is 15.4 Å². The molecule has 0 saturated carbocycles. The minimum atomic E-state index is -3.96. The molecular weight excluding hydrogens is 410 g/mol. The lowest BCUT2D eigenvalue weighted by Crippen LogP contribution is -2.40. The highest BCUT2D eigenvalue weighted by Crippen LogP contribution is 2.27. The van der Waals surface area contributed by atoms with Gasteiger partial charge in [-0.1, -0.05) is 41.9 Å². The van der Waals surface area contributed by atoms with Gasteiger partial charge in [-0.25, -0.2) is 8.42 Å². The van der Waals surface area contributed by atoms with Crippen LogP contribution in [0.3, 0.4) is 0 Å². The minimum absolute atomic E-state index is 0.0942. The molecule has 0 aliphatic heterocycles. The summed E-state index contributed by atoms with van der Waals surface area (Å²) in [7, 11) is -3.96. The normalized spacial score (nSPS) is 11.1. The van der Waals surface area contributed by atoms with Gasteiger partial charge >= 0.3 is 0 Å². The Morgan fingerprint density at radius 1 is 1.10 bits per heavy atom. The van der Waals surface area contributed by atoms with Crippen molar-refractivity contribution in [3.8, 4) is 0 Å². The van der Waals surface area contributed by atoms with E-state index in [4.69, 9.17) is 11.6 Å². The fraction of sp³-hybridized carbons (Fsp3) is 0.143. The fourth-order valence-corrected chi connectivity index (χ4v) is 4.27. The lowest BCUT2D eigenvalue weighted by molar-refractivity contribution is -0.119. The molecule has 0 aliphatic rings. The highest BCUT2D eigenvalue weighted by atomic mass is 35.5. The molecule has 0 radical (unpaired) electrons. The lowest BCUT2D eigenvalue weighted by atomic mass is 10.2. The number of carbonyl (C=O) groups excluding carboxylic acids is 1. The number of rotatable bonds is 7. The van der Waals surface area contributed by atoms with Crippen molar-refractivity contribution < 1.29 is 13.2 Å². The van der Waals surface area contributed by atoms with Gasteiger partial charge in [0.2, 0.25) is 5.91 Å². The summed E-state index contributed by atoms with van der Waals surface area (Å²) in [6.45, 7) is 1.69. The molecule has 0 fully saturated rings. The Kier molecular flexibility index (Phi) is 6.51. The molecule has 8 heteroatoms. The summed E-state index contributed by atoms with van der Waals surface area (Å²) >= 11 is 6.20. The van der Waals surface area contributed by atoms with Crippen LogP contribution in [0.5, 0.6) is 0 Å². The van der Waals surface area contributed by atoms with Crippen LogP contribution >= 0.6 is 11.6 Å². The van der Waals surface area contributed by atoms with Gasteiger partial charge in [-0.2, -0.15) is 0 Å². The van der Waals surface area contributed by atoms with Crippen molar-refractivity contribution in [2.45, 2.75) is 18.4 Å². The zero-order chi connectivity index (χ0) is 20.9. The maximum absolute atomic E-state index is 13.2. The number of hydrogen-bond acceptors (Lipinski definition) is 4. The third-order valence-electron chi connectivity index (χ3n) is 4.27. The number of nitrogens with one attached hydrogen (secondary N) is 1. The molecule has 1 amide bonds. The van der Waals surface area contributed by atoms with Crippen LogP contribution in [0, 0.1) is 6.92 Å². The minimum Gasteiger partial charge on any atom is -0.350 e. The number of benzene rings is 2. The summed E-state index contributed by atoms with van der Waals surface area (Å²) in [5.41, 5.74) is 1.95. The first-order valence-electron chi connectivity index (χ1n) is 8.87. The van der Waals surface area contributed by atoms with Crippen LogP contribution in [0.2, 0.25) is 5.02 Å². The molecule has 0 atom stereocenters. The number of anilines is 1. The smallest absolute Gasteiger partial charge is 0.264 e. The van der Waals surface area contributed by atoms with E-state index in [1.807, 2.05) is 13.0 Å². The molecule has 1 aromatic heterocycles. The summed E-state index contributed by atoms with van der Waals surface area (Å²) in [6.07, 6.45) is 3.28. The van der Waals surface area contributed by atoms with Gasteiger partial charge in [0.1, 0.15) is 6.54 Å². The topological polar surface area (TPSA) is 79.4 Å². The van der Waals surface area contributed by atoms with E-state index in [0.29, 0.717) is 10.7 Å². The largest absolute Gasteiger partial charge is 0.350 e. The number of pyridine rings is 1. The van der Waals surface area contributed by atoms with Gasteiger partial charge in [-0.3, -0.25) is 14.1 Å². The zero-order valence-corrected chi connectivity index (χ0v) is 17.3. The number of amides is 1. The first-order valence-corrected chi connectivity index (χ1v) is 10.7. The van der Waals surface area contributed by atoms with Crippen LogP contribution in [0.15, 0.2) is 78.0 Å². The van der Waals surface area contributed by atoms with Crippen molar-refractivity contribution in [2.75, 3.05) is 10.8 Å². The molecule has 150 valence electrons. The number of carbonyl (C=O) groups is 1. The second kappa shape index (κ2) is 9.07. The highest BCUT2D eigenvalue weighted by Gasteiger charge is 2.27. The number of halogens is 1. The van der Waals surface area contributed by atoms with E-state index in [-0.39, 0.29) is 18.0 Å². The third kappa shape index (κ3) is 5.13. The average molecular weight is 430 g/mol. The maximum atomic E-state index is 13.2. The lowest BCUT2D eigenvalue weighted by Gasteiger charge is -2.24. The van der Waals surface area contributed by atoms with Crippen LogP contribution in [0.4, 0.5) is 5.69 Å². The van der Waals surface area contributed by atoms with Gasteiger partial charge in [0.25, 0.3) is 10.0 Å². The maximum Gasteiger partial charge on any atom is 0.264 e. The van der Waals surface area contributed by atoms with Crippen molar-refractivity contribution in [2.24, 2.45) is 0 Å². The molecule has 29 heavy (non-hydrogen) atoms.